The van der Waals surface area contributed by atoms with Crippen LogP contribution in [0.1, 0.15) is 46.5 Å². The SMILES string of the molecule is CC(C)(C)CC12CC1CCC2=O. The highest BCUT2D eigenvalue weighted by Crippen LogP contribution is 2.65. The lowest BCUT2D eigenvalue weighted by Crippen LogP contribution is -2.20. The Morgan fingerprint density at radius 2 is 2.17 bits per heavy atom. The lowest BCUT2D eigenvalue weighted by molar-refractivity contribution is -0.123. The van der Waals surface area contributed by atoms with Gasteiger partial charge in [-0.2, -0.15) is 0 Å². The Hall–Kier alpha value is -0.330. The number of hydrogen-bond donors (Lipinski definition) is 0. The van der Waals surface area contributed by atoms with Crippen LogP contribution >= 0.6 is 0 Å². The minimum Gasteiger partial charge on any atom is -0.299 e. The molecular formula is C11H18O. The highest BCUT2D eigenvalue weighted by molar-refractivity contribution is 5.90. The van der Waals surface area contributed by atoms with Gasteiger partial charge in [-0.15, -0.1) is 0 Å². The average molecular weight is 166 g/mol. The van der Waals surface area contributed by atoms with Gasteiger partial charge in [0.25, 0.3) is 0 Å². The summed E-state index contributed by atoms with van der Waals surface area (Å²) in [5.41, 5.74) is 0.493. The van der Waals surface area contributed by atoms with E-state index in [-0.39, 0.29) is 5.41 Å². The van der Waals surface area contributed by atoms with Gasteiger partial charge in [-0.25, -0.2) is 0 Å². The standard InChI is InChI=1S/C11H18O/c1-10(2,3)7-11-6-8(11)4-5-9(11)12/h8H,4-7H2,1-3H3. The topological polar surface area (TPSA) is 17.1 Å². The summed E-state index contributed by atoms with van der Waals surface area (Å²) in [6.07, 6.45) is 4.35. The molecule has 0 spiro atoms. The molecule has 0 amide bonds. The van der Waals surface area contributed by atoms with Crippen molar-refractivity contribution in [1.82, 2.24) is 0 Å². The Labute approximate surface area is 74.5 Å². The van der Waals surface area contributed by atoms with Crippen molar-refractivity contribution in [2.75, 3.05) is 0 Å². The molecule has 0 aromatic carbocycles. The van der Waals surface area contributed by atoms with Gasteiger partial charge >= 0.3 is 0 Å². The molecular weight excluding hydrogens is 148 g/mol. The molecule has 0 N–H and O–H groups in total. The molecule has 2 aliphatic rings. The fourth-order valence-corrected chi connectivity index (χ4v) is 2.92. The Morgan fingerprint density at radius 1 is 1.50 bits per heavy atom. The first-order chi connectivity index (χ1) is 5.44. The third-order valence-electron chi connectivity index (χ3n) is 3.35. The van der Waals surface area contributed by atoms with Crippen LogP contribution in [0.3, 0.4) is 0 Å². The van der Waals surface area contributed by atoms with E-state index in [4.69, 9.17) is 0 Å². The second-order valence-corrected chi connectivity index (χ2v) is 5.76. The van der Waals surface area contributed by atoms with E-state index in [0.29, 0.717) is 11.2 Å². The van der Waals surface area contributed by atoms with Crippen LogP contribution in [0.15, 0.2) is 0 Å². The van der Waals surface area contributed by atoms with Gasteiger partial charge < -0.3 is 0 Å². The summed E-state index contributed by atoms with van der Waals surface area (Å²) < 4.78 is 0. The Balaban J connectivity index is 2.10. The minimum atomic E-state index is 0.165. The molecule has 0 radical (unpaired) electrons. The number of carbonyl (C=O) groups is 1. The molecule has 0 bridgehead atoms. The second-order valence-electron chi connectivity index (χ2n) is 5.76. The summed E-state index contributed by atoms with van der Waals surface area (Å²) in [4.78, 5) is 11.6. The molecule has 2 aliphatic carbocycles. The fourth-order valence-electron chi connectivity index (χ4n) is 2.92. The van der Waals surface area contributed by atoms with Crippen LogP contribution in [0.25, 0.3) is 0 Å². The van der Waals surface area contributed by atoms with Gasteiger partial charge in [0.1, 0.15) is 5.78 Å². The zero-order chi connectivity index (χ0) is 8.98. The number of rotatable bonds is 1. The number of ketones is 1. The van der Waals surface area contributed by atoms with E-state index < -0.39 is 0 Å². The van der Waals surface area contributed by atoms with Crippen molar-refractivity contribution < 1.29 is 4.79 Å². The molecule has 0 heterocycles. The molecule has 2 saturated carbocycles. The van der Waals surface area contributed by atoms with Gasteiger partial charge in [0.15, 0.2) is 0 Å². The fraction of sp³-hybridized carbons (Fsp3) is 0.909. The molecule has 68 valence electrons. The molecule has 2 unspecified atom stereocenters. The van der Waals surface area contributed by atoms with E-state index >= 15 is 0 Å². The van der Waals surface area contributed by atoms with Crippen molar-refractivity contribution in [2.24, 2.45) is 16.7 Å². The van der Waals surface area contributed by atoms with Crippen molar-refractivity contribution in [2.45, 2.75) is 46.5 Å². The Bertz CT molecular complexity index is 224. The molecule has 2 atom stereocenters. The van der Waals surface area contributed by atoms with Crippen LogP contribution in [0, 0.1) is 16.7 Å². The molecule has 2 fully saturated rings. The number of carbonyl (C=O) groups excluding carboxylic acids is 1. The maximum absolute atomic E-state index is 11.6. The van der Waals surface area contributed by atoms with E-state index in [0.717, 1.165) is 18.8 Å². The van der Waals surface area contributed by atoms with Crippen LogP contribution in [0.4, 0.5) is 0 Å². The minimum absolute atomic E-state index is 0.165. The summed E-state index contributed by atoms with van der Waals surface area (Å²) in [6, 6.07) is 0. The molecule has 1 nitrogen and oxygen atoms in total. The smallest absolute Gasteiger partial charge is 0.139 e. The van der Waals surface area contributed by atoms with Gasteiger partial charge in [-0.3, -0.25) is 4.79 Å². The quantitative estimate of drug-likeness (QED) is 0.585. The van der Waals surface area contributed by atoms with Crippen LogP contribution in [-0.2, 0) is 4.79 Å². The van der Waals surface area contributed by atoms with Gasteiger partial charge in [0, 0.05) is 11.8 Å². The lowest BCUT2D eigenvalue weighted by atomic mass is 9.81. The van der Waals surface area contributed by atoms with Crippen LogP contribution < -0.4 is 0 Å². The van der Waals surface area contributed by atoms with Crippen LogP contribution in [0.2, 0.25) is 0 Å². The van der Waals surface area contributed by atoms with Gasteiger partial charge in [-0.1, -0.05) is 20.8 Å². The summed E-state index contributed by atoms with van der Waals surface area (Å²) in [5.74, 6) is 1.33. The molecule has 0 aromatic rings. The van der Waals surface area contributed by atoms with E-state index in [1.54, 1.807) is 0 Å². The molecule has 12 heavy (non-hydrogen) atoms. The van der Waals surface area contributed by atoms with Crippen molar-refractivity contribution in [3.63, 3.8) is 0 Å². The predicted octanol–water partition coefficient (Wildman–Crippen LogP) is 2.79. The molecule has 0 aromatic heterocycles. The summed E-state index contributed by atoms with van der Waals surface area (Å²) in [7, 11) is 0. The van der Waals surface area contributed by atoms with Crippen molar-refractivity contribution in [3.8, 4) is 0 Å². The van der Waals surface area contributed by atoms with Crippen LogP contribution in [0.5, 0.6) is 0 Å². The lowest BCUT2D eigenvalue weighted by Gasteiger charge is -2.23. The highest BCUT2D eigenvalue weighted by atomic mass is 16.1. The van der Waals surface area contributed by atoms with Crippen molar-refractivity contribution >= 4 is 5.78 Å². The normalized spacial score (nSPS) is 39.9. The maximum atomic E-state index is 11.6. The van der Waals surface area contributed by atoms with Crippen molar-refractivity contribution in [1.29, 1.82) is 0 Å². The van der Waals surface area contributed by atoms with E-state index in [9.17, 15) is 4.79 Å². The zero-order valence-corrected chi connectivity index (χ0v) is 8.31. The first-order valence-corrected chi connectivity index (χ1v) is 4.97. The third kappa shape index (κ3) is 1.10. The number of fused-ring (bicyclic) bond motifs is 1. The molecule has 0 saturated heterocycles. The Kier molecular flexibility index (Phi) is 1.47. The number of Topliss-reactive ketones (excluding diaryl/α,β-unsaturated/α-hetero) is 1. The molecule has 0 aliphatic heterocycles. The largest absolute Gasteiger partial charge is 0.299 e. The first-order valence-electron chi connectivity index (χ1n) is 4.97. The van der Waals surface area contributed by atoms with Gasteiger partial charge in [0.05, 0.1) is 0 Å². The van der Waals surface area contributed by atoms with Gasteiger partial charge in [-0.05, 0) is 30.6 Å². The number of hydrogen-bond acceptors (Lipinski definition) is 1. The summed E-state index contributed by atoms with van der Waals surface area (Å²) in [6.45, 7) is 6.72. The second kappa shape index (κ2) is 2.12. The molecule has 1 heteroatoms. The van der Waals surface area contributed by atoms with Crippen LogP contribution in [-0.4, -0.2) is 5.78 Å². The third-order valence-corrected chi connectivity index (χ3v) is 3.35. The van der Waals surface area contributed by atoms with E-state index in [2.05, 4.69) is 20.8 Å². The zero-order valence-electron chi connectivity index (χ0n) is 8.31. The summed E-state index contributed by atoms with van der Waals surface area (Å²) >= 11 is 0. The van der Waals surface area contributed by atoms with Crippen molar-refractivity contribution in [3.05, 3.63) is 0 Å². The monoisotopic (exact) mass is 166 g/mol. The summed E-state index contributed by atoms with van der Waals surface area (Å²) in [5, 5.41) is 0. The maximum Gasteiger partial charge on any atom is 0.139 e. The van der Waals surface area contributed by atoms with E-state index in [1.165, 1.54) is 12.8 Å². The average Bonchev–Trinajstić information content (AvgIpc) is 2.48. The first kappa shape index (κ1) is 8.28. The van der Waals surface area contributed by atoms with E-state index in [1.807, 2.05) is 0 Å². The molecule has 2 rings (SSSR count). The highest BCUT2D eigenvalue weighted by Gasteiger charge is 2.63. The predicted molar refractivity (Wildman–Crippen MR) is 48.9 cm³/mol. The Morgan fingerprint density at radius 3 is 2.50 bits per heavy atom. The van der Waals surface area contributed by atoms with Gasteiger partial charge in [0.2, 0.25) is 0 Å².